The molecule has 0 aliphatic heterocycles. The fraction of sp³-hybridized carbons (Fsp3) is 0.462. The molecule has 1 heterocycles. The molecule has 1 aromatic heterocycles. The molecule has 2 rings (SSSR count). The van der Waals surface area contributed by atoms with E-state index in [0.717, 1.165) is 0 Å². The molecule has 19 heavy (non-hydrogen) atoms. The van der Waals surface area contributed by atoms with Gasteiger partial charge >= 0.3 is 5.97 Å². The number of hydrogen-bond donors (Lipinski definition) is 1. The normalized spacial score (nSPS) is 21.4. The van der Waals surface area contributed by atoms with Crippen molar-refractivity contribution in [2.45, 2.75) is 25.8 Å². The van der Waals surface area contributed by atoms with E-state index < -0.39 is 5.97 Å². The van der Waals surface area contributed by atoms with Gasteiger partial charge in [-0.25, -0.2) is 4.79 Å². The number of anilines is 1. The largest absolute Gasteiger partial charge is 0.462 e. The highest BCUT2D eigenvalue weighted by molar-refractivity contribution is 6.64. The lowest BCUT2D eigenvalue weighted by atomic mass is 9.81. The summed E-state index contributed by atoms with van der Waals surface area (Å²) in [6.07, 6.45) is 4.46. The molecule has 5 nitrogen and oxygen atoms in total. The lowest BCUT2D eigenvalue weighted by Crippen LogP contribution is -2.38. The molecule has 0 bridgehead atoms. The summed E-state index contributed by atoms with van der Waals surface area (Å²) in [5.41, 5.74) is 1.09. The Kier molecular flexibility index (Phi) is 4.37. The van der Waals surface area contributed by atoms with Crippen LogP contribution in [0.15, 0.2) is 18.5 Å². The molecule has 102 valence electrons. The van der Waals surface area contributed by atoms with Crippen molar-refractivity contribution in [3.05, 3.63) is 24.0 Å². The van der Waals surface area contributed by atoms with E-state index in [9.17, 15) is 9.59 Å². The molecule has 0 saturated heterocycles. The van der Waals surface area contributed by atoms with Gasteiger partial charge in [0.1, 0.15) is 5.56 Å². The van der Waals surface area contributed by atoms with E-state index in [2.05, 4.69) is 10.3 Å². The molecule has 1 aliphatic rings. The van der Waals surface area contributed by atoms with Gasteiger partial charge in [-0.3, -0.25) is 9.78 Å². The first-order chi connectivity index (χ1) is 9.11. The van der Waals surface area contributed by atoms with Crippen LogP contribution < -0.4 is 5.32 Å². The Labute approximate surface area is 116 Å². The van der Waals surface area contributed by atoms with Crippen LogP contribution in [0.25, 0.3) is 0 Å². The van der Waals surface area contributed by atoms with Crippen molar-refractivity contribution in [3.8, 4) is 0 Å². The van der Waals surface area contributed by atoms with E-state index >= 15 is 0 Å². The number of ether oxygens (including phenoxy) is 1. The van der Waals surface area contributed by atoms with Crippen LogP contribution in [0.1, 0.15) is 30.1 Å². The van der Waals surface area contributed by atoms with Gasteiger partial charge in [-0.1, -0.05) is 0 Å². The van der Waals surface area contributed by atoms with Crippen LogP contribution in [0.4, 0.5) is 5.69 Å². The summed E-state index contributed by atoms with van der Waals surface area (Å²) in [6.45, 7) is 2.07. The van der Waals surface area contributed by atoms with Crippen LogP contribution in [0.5, 0.6) is 0 Å². The monoisotopic (exact) mass is 282 g/mol. The molecular weight excluding hydrogens is 268 g/mol. The molecule has 0 unspecified atom stereocenters. The zero-order valence-corrected chi connectivity index (χ0v) is 11.3. The van der Waals surface area contributed by atoms with E-state index in [1.165, 1.54) is 6.20 Å². The van der Waals surface area contributed by atoms with Crippen molar-refractivity contribution >= 4 is 28.5 Å². The van der Waals surface area contributed by atoms with Crippen LogP contribution in [-0.2, 0) is 9.53 Å². The molecule has 1 aliphatic carbocycles. The number of hydrogen-bond acceptors (Lipinski definition) is 5. The number of carbonyl (C=O) groups is 2. The maximum Gasteiger partial charge on any atom is 0.341 e. The zero-order valence-electron chi connectivity index (χ0n) is 10.6. The van der Waals surface area contributed by atoms with Crippen molar-refractivity contribution in [3.63, 3.8) is 0 Å². The summed E-state index contributed by atoms with van der Waals surface area (Å²) in [5.74, 6) is -0.477. The van der Waals surface area contributed by atoms with Crippen molar-refractivity contribution in [2.24, 2.45) is 5.92 Å². The highest BCUT2D eigenvalue weighted by Crippen LogP contribution is 2.32. The second-order valence-corrected chi connectivity index (χ2v) is 4.83. The van der Waals surface area contributed by atoms with Gasteiger partial charge in [0.05, 0.1) is 12.3 Å². The first kappa shape index (κ1) is 13.8. The summed E-state index contributed by atoms with van der Waals surface area (Å²) in [4.78, 5) is 26.6. The second kappa shape index (κ2) is 6.02. The third kappa shape index (κ3) is 3.23. The Morgan fingerprint density at radius 3 is 2.89 bits per heavy atom. The Balaban J connectivity index is 2.01. The van der Waals surface area contributed by atoms with Crippen LogP contribution in [0, 0.1) is 5.92 Å². The number of halogens is 1. The number of nitrogens with one attached hydrogen (secondary N) is 1. The quantitative estimate of drug-likeness (QED) is 0.662. The average molecular weight is 283 g/mol. The highest BCUT2D eigenvalue weighted by atomic mass is 35.5. The molecule has 6 heteroatoms. The number of nitrogens with zero attached hydrogens (tertiary/aromatic N) is 1. The highest BCUT2D eigenvalue weighted by Gasteiger charge is 2.34. The maximum atomic E-state index is 11.7. The molecule has 0 spiro atoms. The maximum absolute atomic E-state index is 11.7. The van der Waals surface area contributed by atoms with Crippen molar-refractivity contribution in [1.29, 1.82) is 0 Å². The molecule has 0 amide bonds. The molecule has 0 atom stereocenters. The Bertz CT molecular complexity index is 487. The molecule has 0 radical (unpaired) electrons. The van der Waals surface area contributed by atoms with Gasteiger partial charge in [0.2, 0.25) is 5.24 Å². The first-order valence-corrected chi connectivity index (χ1v) is 6.56. The lowest BCUT2D eigenvalue weighted by molar-refractivity contribution is -0.117. The third-order valence-corrected chi connectivity index (χ3v) is 3.44. The van der Waals surface area contributed by atoms with E-state index in [1.54, 1.807) is 19.2 Å². The Hall–Kier alpha value is -1.62. The smallest absolute Gasteiger partial charge is 0.341 e. The second-order valence-electron chi connectivity index (χ2n) is 4.46. The number of esters is 1. The summed E-state index contributed by atoms with van der Waals surface area (Å²) in [5, 5.41) is 2.93. The SMILES string of the molecule is CCOC(=O)c1cnccc1NC1CC(C(=O)Cl)C1. The zero-order chi connectivity index (χ0) is 13.8. The number of aromatic nitrogens is 1. The lowest BCUT2D eigenvalue weighted by Gasteiger charge is -2.34. The number of carbonyl (C=O) groups excluding carboxylic acids is 2. The van der Waals surface area contributed by atoms with Crippen LogP contribution in [-0.4, -0.2) is 28.8 Å². The molecular formula is C13H15ClN2O3. The summed E-state index contributed by atoms with van der Waals surface area (Å²) >= 11 is 5.42. The topological polar surface area (TPSA) is 68.3 Å². The van der Waals surface area contributed by atoms with E-state index in [0.29, 0.717) is 30.7 Å². The van der Waals surface area contributed by atoms with Gasteiger partial charge in [0, 0.05) is 24.4 Å². The van der Waals surface area contributed by atoms with Gasteiger partial charge in [-0.2, -0.15) is 0 Å². The van der Waals surface area contributed by atoms with E-state index in [4.69, 9.17) is 16.3 Å². The van der Waals surface area contributed by atoms with E-state index in [-0.39, 0.29) is 17.2 Å². The molecule has 1 saturated carbocycles. The van der Waals surface area contributed by atoms with E-state index in [1.807, 2.05) is 0 Å². The first-order valence-electron chi connectivity index (χ1n) is 6.18. The summed E-state index contributed by atoms with van der Waals surface area (Å²) in [6, 6.07) is 1.88. The number of pyridine rings is 1. The van der Waals surface area contributed by atoms with Gasteiger partial charge < -0.3 is 10.1 Å². The fourth-order valence-electron chi connectivity index (χ4n) is 2.03. The minimum absolute atomic E-state index is 0.0768. The standard InChI is InChI=1S/C13H15ClN2O3/c1-2-19-13(18)10-7-15-4-3-11(10)16-9-5-8(6-9)12(14)17/h3-4,7-9H,2,5-6H2,1H3,(H,15,16). The van der Waals surface area contributed by atoms with Crippen LogP contribution in [0.3, 0.4) is 0 Å². The Morgan fingerprint density at radius 2 is 2.26 bits per heavy atom. The van der Waals surface area contributed by atoms with Gasteiger partial charge in [-0.05, 0) is 37.4 Å². The molecule has 0 aromatic carbocycles. The minimum atomic E-state index is -0.401. The third-order valence-electron chi connectivity index (χ3n) is 3.14. The molecule has 1 aromatic rings. The predicted octanol–water partition coefficient (Wildman–Crippen LogP) is 2.21. The van der Waals surface area contributed by atoms with Gasteiger partial charge in [0.15, 0.2) is 0 Å². The Morgan fingerprint density at radius 1 is 1.53 bits per heavy atom. The minimum Gasteiger partial charge on any atom is -0.462 e. The fourth-order valence-corrected chi connectivity index (χ4v) is 2.21. The van der Waals surface area contributed by atoms with Crippen LogP contribution in [0.2, 0.25) is 0 Å². The molecule has 1 fully saturated rings. The van der Waals surface area contributed by atoms with Crippen molar-refractivity contribution in [2.75, 3.05) is 11.9 Å². The predicted molar refractivity (Wildman–Crippen MR) is 71.2 cm³/mol. The van der Waals surface area contributed by atoms with Gasteiger partial charge in [-0.15, -0.1) is 0 Å². The van der Waals surface area contributed by atoms with Gasteiger partial charge in [0.25, 0.3) is 0 Å². The van der Waals surface area contributed by atoms with Crippen LogP contribution >= 0.6 is 11.6 Å². The molecule has 1 N–H and O–H groups in total. The van der Waals surface area contributed by atoms with Crippen molar-refractivity contribution in [1.82, 2.24) is 4.98 Å². The summed E-state index contributed by atoms with van der Waals surface area (Å²) < 4.78 is 4.97. The summed E-state index contributed by atoms with van der Waals surface area (Å²) in [7, 11) is 0. The number of rotatable bonds is 5. The van der Waals surface area contributed by atoms with Crippen molar-refractivity contribution < 1.29 is 14.3 Å². The average Bonchev–Trinajstić information content (AvgIpc) is 2.33.